The number of methoxy groups -OCH3 is 3. The molecular weight excluding hydrogens is 685 g/mol. The molecular formula is C34H41Cl2N9O5. The van der Waals surface area contributed by atoms with Crippen LogP contribution in [0.2, 0.25) is 10.3 Å². The molecule has 5 aromatic rings. The Hall–Kier alpha value is -4.57. The molecule has 50 heavy (non-hydrogen) atoms. The van der Waals surface area contributed by atoms with Crippen LogP contribution in [0, 0.1) is 12.3 Å². The number of nitrogens with zero attached hydrogens (tertiary/aromatic N) is 6. The topological polar surface area (TPSA) is 186 Å². The van der Waals surface area contributed by atoms with Gasteiger partial charge in [0.05, 0.1) is 12.3 Å². The summed E-state index contributed by atoms with van der Waals surface area (Å²) in [7, 11) is 4.56. The van der Waals surface area contributed by atoms with Crippen molar-refractivity contribution < 1.29 is 23.8 Å². The van der Waals surface area contributed by atoms with E-state index >= 15 is 0 Å². The largest absolute Gasteiger partial charge is 0.390 e. The van der Waals surface area contributed by atoms with Crippen LogP contribution in [0.4, 0.5) is 11.6 Å². The van der Waals surface area contributed by atoms with Gasteiger partial charge in [-0.1, -0.05) is 76.9 Å². The van der Waals surface area contributed by atoms with E-state index in [1.807, 2.05) is 62.4 Å². The summed E-state index contributed by atoms with van der Waals surface area (Å²) in [5, 5.41) is 27.7. The van der Waals surface area contributed by atoms with E-state index in [2.05, 4.69) is 40.7 Å². The van der Waals surface area contributed by atoms with Crippen LogP contribution in [0.15, 0.2) is 77.8 Å². The van der Waals surface area contributed by atoms with Gasteiger partial charge >= 0.3 is 0 Å². The molecule has 0 radical (unpaired) electrons. The van der Waals surface area contributed by atoms with E-state index in [0.29, 0.717) is 39.2 Å². The number of benzene rings is 2. The van der Waals surface area contributed by atoms with Crippen LogP contribution in [0.5, 0.6) is 0 Å². The number of halogens is 2. The zero-order chi connectivity index (χ0) is 36.7. The number of aromatic nitrogens is 6. The van der Waals surface area contributed by atoms with E-state index in [4.69, 9.17) is 52.5 Å². The lowest BCUT2D eigenvalue weighted by molar-refractivity contribution is -0.340. The van der Waals surface area contributed by atoms with Gasteiger partial charge in [0.25, 0.3) is 5.97 Å². The fraction of sp³-hybridized carbons (Fsp3) is 0.324. The van der Waals surface area contributed by atoms with Gasteiger partial charge < -0.3 is 39.9 Å². The van der Waals surface area contributed by atoms with Crippen LogP contribution < -0.4 is 10.6 Å². The second-order valence-corrected chi connectivity index (χ2v) is 11.5. The Balaban J connectivity index is 0.000000224. The molecule has 2 aromatic carbocycles. The van der Waals surface area contributed by atoms with Gasteiger partial charge in [0.2, 0.25) is 11.7 Å². The molecule has 3 aromatic heterocycles. The van der Waals surface area contributed by atoms with Crippen LogP contribution in [0.1, 0.15) is 55.4 Å². The molecule has 16 heteroatoms. The third-order valence-electron chi connectivity index (χ3n) is 7.22. The number of aliphatic hydroxyl groups is 1. The first-order valence-corrected chi connectivity index (χ1v) is 16.0. The molecule has 3 heterocycles. The maximum Gasteiger partial charge on any atom is 0.279 e. The Labute approximate surface area is 301 Å². The monoisotopic (exact) mass is 725 g/mol. The molecule has 2 unspecified atom stereocenters. The molecule has 0 saturated carbocycles. The Morgan fingerprint density at radius 1 is 0.820 bits per heavy atom. The number of hydrogen-bond acceptors (Lipinski definition) is 14. The summed E-state index contributed by atoms with van der Waals surface area (Å²) < 4.78 is 19.4. The molecule has 2 atom stereocenters. The molecule has 266 valence electrons. The van der Waals surface area contributed by atoms with Crippen LogP contribution in [0.3, 0.4) is 0 Å². The molecule has 0 aliphatic heterocycles. The van der Waals surface area contributed by atoms with E-state index < -0.39 is 5.97 Å². The van der Waals surface area contributed by atoms with Crippen molar-refractivity contribution >= 4 is 40.5 Å². The van der Waals surface area contributed by atoms with Gasteiger partial charge in [-0.05, 0) is 30.5 Å². The second kappa shape index (κ2) is 19.6. The van der Waals surface area contributed by atoms with Gasteiger partial charge in [-0.15, -0.1) is 0 Å². The average Bonchev–Trinajstić information content (AvgIpc) is 3.57. The summed E-state index contributed by atoms with van der Waals surface area (Å²) in [4.78, 5) is 20.1. The molecule has 0 bridgehead atoms. The van der Waals surface area contributed by atoms with Crippen molar-refractivity contribution in [3.05, 3.63) is 106 Å². The highest BCUT2D eigenvalue weighted by atomic mass is 35.5. The van der Waals surface area contributed by atoms with Gasteiger partial charge in [-0.3, -0.25) is 0 Å². The van der Waals surface area contributed by atoms with Crippen LogP contribution in [-0.2, 0) is 14.2 Å². The quantitative estimate of drug-likeness (QED) is 0.0590. The predicted octanol–water partition coefficient (Wildman–Crippen LogP) is 6.92. The van der Waals surface area contributed by atoms with Gasteiger partial charge in [0.1, 0.15) is 34.6 Å². The molecule has 14 nitrogen and oxygen atoms in total. The summed E-state index contributed by atoms with van der Waals surface area (Å²) in [5.41, 5.74) is 4.00. The first-order valence-electron chi connectivity index (χ1n) is 15.2. The Kier molecular flexibility index (Phi) is 15.6. The van der Waals surface area contributed by atoms with E-state index in [1.54, 1.807) is 26.0 Å². The summed E-state index contributed by atoms with van der Waals surface area (Å²) in [6.07, 6.45) is 2.84. The average molecular weight is 727 g/mol. The van der Waals surface area contributed by atoms with Gasteiger partial charge in [-0.25, -0.2) is 19.9 Å². The molecule has 0 aliphatic carbocycles. The van der Waals surface area contributed by atoms with Crippen molar-refractivity contribution in [3.63, 3.8) is 0 Å². The second-order valence-electron chi connectivity index (χ2n) is 10.7. The third-order valence-corrected chi connectivity index (χ3v) is 7.64. The summed E-state index contributed by atoms with van der Waals surface area (Å²) >= 11 is 11.7. The zero-order valence-corrected chi connectivity index (χ0v) is 30.3. The molecule has 0 spiro atoms. The Morgan fingerprint density at radius 2 is 1.28 bits per heavy atom. The fourth-order valence-corrected chi connectivity index (χ4v) is 4.38. The van der Waals surface area contributed by atoms with Gasteiger partial charge in [-0.2, -0.15) is 4.98 Å². The highest BCUT2D eigenvalue weighted by molar-refractivity contribution is 6.29. The Bertz CT molecular complexity index is 1760. The first kappa shape index (κ1) is 39.9. The smallest absolute Gasteiger partial charge is 0.279 e. The SMILES string of the molecule is CC(Nc1cc(Cl)ncn1)c1ccc(C(=N)CO)cc1.COC(C)(OC)OC.Cc1nc(-c2ccc(C(C)Nc3cc(Cl)ncn3)cc2)no1. The maximum absolute atomic E-state index is 8.92. The number of anilines is 2. The molecule has 0 saturated heterocycles. The van der Waals surface area contributed by atoms with E-state index in [-0.39, 0.29) is 24.4 Å². The highest BCUT2D eigenvalue weighted by Crippen LogP contribution is 2.23. The standard InChI is InChI=1S/C15H14ClN5O.C14H15ClN4O.C5H12O3/c1-9(19-14-7-13(16)17-8-18-14)11-3-5-12(6-4-11)15-20-10(2)22-21-15;1-9(19-14-6-13(15)17-8-18-14)10-2-4-11(5-3-10)12(16)7-20;1-5(6-2,7-3)8-4/h3-9H,1-2H3,(H,17,18,19);2-6,8-9,16,20H,7H2,1H3,(H,17,18,19);1-4H3. The normalized spacial score (nSPS) is 12.0. The lowest BCUT2D eigenvalue weighted by Crippen LogP contribution is -2.31. The molecule has 0 fully saturated rings. The zero-order valence-electron chi connectivity index (χ0n) is 28.8. The minimum absolute atomic E-state index is 0.0401. The predicted molar refractivity (Wildman–Crippen MR) is 192 cm³/mol. The number of nitrogens with one attached hydrogen (secondary N) is 3. The van der Waals surface area contributed by atoms with Crippen LogP contribution in [-0.4, -0.2) is 74.8 Å². The van der Waals surface area contributed by atoms with E-state index in [1.165, 1.54) is 34.0 Å². The van der Waals surface area contributed by atoms with Crippen LogP contribution >= 0.6 is 23.2 Å². The summed E-state index contributed by atoms with van der Waals surface area (Å²) in [6.45, 7) is 7.25. The van der Waals surface area contributed by atoms with Crippen molar-refractivity contribution in [1.29, 1.82) is 5.41 Å². The molecule has 0 aliphatic rings. The minimum Gasteiger partial charge on any atom is -0.390 e. The van der Waals surface area contributed by atoms with Gasteiger partial charge in [0.15, 0.2) is 0 Å². The molecule has 0 amide bonds. The molecule has 5 rings (SSSR count). The van der Waals surface area contributed by atoms with Crippen molar-refractivity contribution in [2.45, 2.75) is 45.8 Å². The van der Waals surface area contributed by atoms with Crippen LogP contribution in [0.25, 0.3) is 11.4 Å². The minimum atomic E-state index is -0.875. The lowest BCUT2D eigenvalue weighted by atomic mass is 10.0. The number of aryl methyl sites for hydroxylation is 1. The van der Waals surface area contributed by atoms with Crippen molar-refractivity contribution in [2.24, 2.45) is 0 Å². The number of hydrogen-bond donors (Lipinski definition) is 4. The number of rotatable bonds is 12. The highest BCUT2D eigenvalue weighted by Gasteiger charge is 2.20. The maximum atomic E-state index is 8.92. The summed E-state index contributed by atoms with van der Waals surface area (Å²) in [6, 6.07) is 18.9. The van der Waals surface area contributed by atoms with E-state index in [0.717, 1.165) is 16.7 Å². The molecule has 4 N–H and O–H groups in total. The summed E-state index contributed by atoms with van der Waals surface area (Å²) in [5.74, 6) is 1.61. The Morgan fingerprint density at radius 3 is 1.64 bits per heavy atom. The van der Waals surface area contributed by atoms with Crippen molar-refractivity contribution in [3.8, 4) is 11.4 Å². The lowest BCUT2D eigenvalue weighted by Gasteiger charge is -2.23. The number of ether oxygens (including phenoxy) is 3. The third kappa shape index (κ3) is 12.4. The van der Waals surface area contributed by atoms with E-state index in [9.17, 15) is 0 Å². The van der Waals surface area contributed by atoms with Crippen molar-refractivity contribution in [2.75, 3.05) is 38.6 Å². The van der Waals surface area contributed by atoms with Gasteiger partial charge in [0, 0.05) is 65.0 Å². The fourth-order valence-electron chi connectivity index (χ4n) is 4.09. The number of aliphatic hydroxyl groups excluding tert-OH is 1. The first-order chi connectivity index (χ1) is 23.9. The van der Waals surface area contributed by atoms with Crippen molar-refractivity contribution in [1.82, 2.24) is 30.1 Å².